The van der Waals surface area contributed by atoms with Gasteiger partial charge >= 0.3 is 0 Å². The summed E-state index contributed by atoms with van der Waals surface area (Å²) in [6, 6.07) is 21.7. The Labute approximate surface area is 296 Å². The van der Waals surface area contributed by atoms with Crippen molar-refractivity contribution in [2.45, 2.75) is 12.5 Å². The van der Waals surface area contributed by atoms with Gasteiger partial charge in [0.05, 0.1) is 65.2 Å². The van der Waals surface area contributed by atoms with Gasteiger partial charge in [-0.25, -0.2) is 9.99 Å². The zero-order valence-electron chi connectivity index (χ0n) is 28.3. The number of aromatic nitrogens is 2. The lowest BCUT2D eigenvalue weighted by atomic mass is 9.97. The van der Waals surface area contributed by atoms with E-state index in [0.29, 0.717) is 78.0 Å². The van der Waals surface area contributed by atoms with E-state index in [4.69, 9.17) is 50.4 Å². The maximum Gasteiger partial charge on any atom is 0.249 e. The second-order valence-corrected chi connectivity index (χ2v) is 12.4. The second kappa shape index (κ2) is 14.8. The molecule has 0 N–H and O–H groups in total. The normalized spacial score (nSPS) is 17.7. The second-order valence-electron chi connectivity index (χ2n) is 12.0. The summed E-state index contributed by atoms with van der Waals surface area (Å²) in [4.78, 5) is 14.5. The molecule has 258 valence electrons. The fourth-order valence-corrected chi connectivity index (χ4v) is 6.70. The number of nitriles is 1. The first-order chi connectivity index (χ1) is 24.5. The number of anilines is 3. The van der Waals surface area contributed by atoms with E-state index >= 15 is 0 Å². The molecule has 7 rings (SSSR count). The first-order valence-corrected chi connectivity index (χ1v) is 16.9. The Bertz CT molecular complexity index is 1880. The summed E-state index contributed by atoms with van der Waals surface area (Å²) in [5, 5.41) is 18.1. The van der Waals surface area contributed by atoms with Crippen molar-refractivity contribution in [3.05, 3.63) is 82.4 Å². The molecule has 0 spiro atoms. The molecule has 1 aromatic heterocycles. The van der Waals surface area contributed by atoms with E-state index < -0.39 is 0 Å². The van der Waals surface area contributed by atoms with Gasteiger partial charge < -0.3 is 33.5 Å². The quantitative estimate of drug-likeness (QED) is 0.214. The lowest BCUT2D eigenvalue weighted by molar-refractivity contribution is 0.122. The summed E-state index contributed by atoms with van der Waals surface area (Å²) in [6.45, 7) is 5.38. The molecule has 0 amide bonds. The number of morpholine rings is 2. The Balaban J connectivity index is 1.38. The Morgan fingerprint density at radius 2 is 1.38 bits per heavy atom. The molecule has 0 bridgehead atoms. The number of hydrazone groups is 1. The summed E-state index contributed by atoms with van der Waals surface area (Å²) in [7, 11) is 4.78. The summed E-state index contributed by atoms with van der Waals surface area (Å²) in [6.07, 6.45) is 0.544. The highest BCUT2D eigenvalue weighted by molar-refractivity contribution is 6.30. The van der Waals surface area contributed by atoms with Crippen LogP contribution in [0, 0.1) is 11.3 Å². The molecular weight excluding hydrogens is 658 g/mol. The first kappa shape index (κ1) is 33.4. The number of nitrogens with zero attached hydrogens (tertiary/aromatic N) is 7. The van der Waals surface area contributed by atoms with Crippen LogP contribution in [0.3, 0.4) is 0 Å². The van der Waals surface area contributed by atoms with Crippen molar-refractivity contribution < 1.29 is 23.7 Å². The van der Waals surface area contributed by atoms with Crippen LogP contribution in [0.1, 0.15) is 29.2 Å². The van der Waals surface area contributed by atoms with Crippen LogP contribution in [0.2, 0.25) is 5.02 Å². The predicted molar refractivity (Wildman–Crippen MR) is 192 cm³/mol. The molecule has 3 aliphatic rings. The van der Waals surface area contributed by atoms with E-state index in [-0.39, 0.29) is 6.04 Å². The molecule has 12 nitrogen and oxygen atoms in total. The fourth-order valence-electron chi connectivity index (χ4n) is 6.57. The lowest BCUT2D eigenvalue weighted by Crippen LogP contribution is -2.37. The van der Waals surface area contributed by atoms with Gasteiger partial charge in [-0.05, 0) is 47.5 Å². The van der Waals surface area contributed by atoms with Crippen molar-refractivity contribution >= 4 is 34.8 Å². The smallest absolute Gasteiger partial charge is 0.249 e. The molecule has 50 heavy (non-hydrogen) atoms. The summed E-state index contributed by atoms with van der Waals surface area (Å²) < 4.78 is 28.3. The number of benzene rings is 3. The zero-order chi connectivity index (χ0) is 34.6. The highest BCUT2D eigenvalue weighted by atomic mass is 35.5. The molecule has 2 fully saturated rings. The lowest BCUT2D eigenvalue weighted by Gasteiger charge is -2.30. The number of methoxy groups -OCH3 is 3. The third-order valence-corrected chi connectivity index (χ3v) is 9.43. The van der Waals surface area contributed by atoms with Crippen LogP contribution >= 0.6 is 11.6 Å². The van der Waals surface area contributed by atoms with Gasteiger partial charge in [-0.2, -0.15) is 15.3 Å². The number of ether oxygens (including phenoxy) is 5. The minimum absolute atomic E-state index is 0.346. The third-order valence-electron chi connectivity index (χ3n) is 9.18. The molecule has 13 heteroatoms. The van der Waals surface area contributed by atoms with Gasteiger partial charge in [0.2, 0.25) is 11.7 Å². The Morgan fingerprint density at radius 3 is 1.96 bits per heavy atom. The Kier molecular flexibility index (Phi) is 9.89. The third kappa shape index (κ3) is 6.59. The van der Waals surface area contributed by atoms with Gasteiger partial charge in [-0.15, -0.1) is 0 Å². The Hall–Kier alpha value is -5.09. The van der Waals surface area contributed by atoms with Gasteiger partial charge in [0.25, 0.3) is 0 Å². The van der Waals surface area contributed by atoms with Crippen molar-refractivity contribution in [3.8, 4) is 34.6 Å². The molecule has 4 heterocycles. The monoisotopic (exact) mass is 695 g/mol. The van der Waals surface area contributed by atoms with Crippen LogP contribution in [-0.4, -0.2) is 89.6 Å². The highest BCUT2D eigenvalue weighted by Crippen LogP contribution is 2.45. The molecule has 1 unspecified atom stereocenters. The Morgan fingerprint density at radius 1 is 0.780 bits per heavy atom. The molecule has 3 aromatic carbocycles. The van der Waals surface area contributed by atoms with E-state index in [1.165, 1.54) is 0 Å². The van der Waals surface area contributed by atoms with Gasteiger partial charge in [0.15, 0.2) is 17.3 Å². The standard InChI is InChI=1S/C37H38ClN7O5/c1-46-32-20-26(21-33(47-2)35(32)48-3)31-22-30(24-6-10-28(11-7-24)43-12-16-49-17-13-43)42-45(31)37-40-34(25-4-8-27(38)9-5-25)29(23-39)36(41-37)44-14-18-50-19-15-44/h4-11,20-21,31H,12-19,22H2,1-3H3. The van der Waals surface area contributed by atoms with Crippen LogP contribution in [0.25, 0.3) is 11.3 Å². The van der Waals surface area contributed by atoms with Crippen LogP contribution in [0.4, 0.5) is 17.5 Å². The molecule has 4 aromatic rings. The molecule has 2 saturated heterocycles. The topological polar surface area (TPSA) is 118 Å². The van der Waals surface area contributed by atoms with Crippen molar-refractivity contribution in [1.29, 1.82) is 5.26 Å². The van der Waals surface area contributed by atoms with Crippen molar-refractivity contribution in [1.82, 2.24) is 9.97 Å². The minimum Gasteiger partial charge on any atom is -0.493 e. The predicted octanol–water partition coefficient (Wildman–Crippen LogP) is 5.72. The maximum absolute atomic E-state index is 10.5. The summed E-state index contributed by atoms with van der Waals surface area (Å²) >= 11 is 6.26. The number of rotatable bonds is 9. The van der Waals surface area contributed by atoms with Gasteiger partial charge in [-0.3, -0.25) is 0 Å². The molecule has 1 atom stereocenters. The van der Waals surface area contributed by atoms with E-state index in [9.17, 15) is 5.26 Å². The van der Waals surface area contributed by atoms with E-state index in [2.05, 4.69) is 40.1 Å². The first-order valence-electron chi connectivity index (χ1n) is 16.5. The van der Waals surface area contributed by atoms with Crippen LogP contribution < -0.4 is 29.0 Å². The number of halogens is 1. The summed E-state index contributed by atoms with van der Waals surface area (Å²) in [5.74, 6) is 2.45. The molecule has 0 radical (unpaired) electrons. The van der Waals surface area contributed by atoms with Crippen molar-refractivity contribution in [3.63, 3.8) is 0 Å². The maximum atomic E-state index is 10.5. The fraction of sp³-hybridized carbons (Fsp3) is 0.351. The molecular formula is C37H38ClN7O5. The zero-order valence-corrected chi connectivity index (χ0v) is 29.0. The number of hydrogen-bond acceptors (Lipinski definition) is 12. The van der Waals surface area contributed by atoms with Crippen LogP contribution in [0.5, 0.6) is 17.2 Å². The number of hydrogen-bond donors (Lipinski definition) is 0. The van der Waals surface area contributed by atoms with Crippen LogP contribution in [-0.2, 0) is 9.47 Å². The van der Waals surface area contributed by atoms with E-state index in [0.717, 1.165) is 54.4 Å². The molecule has 3 aliphatic heterocycles. The molecule has 0 aliphatic carbocycles. The largest absolute Gasteiger partial charge is 0.493 e. The minimum atomic E-state index is -0.346. The van der Waals surface area contributed by atoms with Crippen LogP contribution in [0.15, 0.2) is 65.8 Å². The van der Waals surface area contributed by atoms with Gasteiger partial charge in [0.1, 0.15) is 11.6 Å². The van der Waals surface area contributed by atoms with Gasteiger partial charge in [0, 0.05) is 48.9 Å². The average molecular weight is 696 g/mol. The van der Waals surface area contributed by atoms with Gasteiger partial charge in [-0.1, -0.05) is 35.9 Å². The highest BCUT2D eigenvalue weighted by Gasteiger charge is 2.35. The van der Waals surface area contributed by atoms with Crippen molar-refractivity contribution in [2.75, 3.05) is 88.7 Å². The molecule has 0 saturated carbocycles. The van der Waals surface area contributed by atoms with E-state index in [1.807, 2.05) is 29.3 Å². The SMILES string of the molecule is COc1cc(C2CC(c3ccc(N4CCOCC4)cc3)=NN2c2nc(-c3ccc(Cl)cc3)c(C#N)c(N3CCOCC3)n2)cc(OC)c1OC. The van der Waals surface area contributed by atoms with E-state index in [1.54, 1.807) is 33.5 Å². The summed E-state index contributed by atoms with van der Waals surface area (Å²) in [5.41, 5.74) is 5.50. The van der Waals surface area contributed by atoms with Crippen molar-refractivity contribution in [2.24, 2.45) is 5.10 Å². The average Bonchev–Trinajstić information content (AvgIpc) is 3.63.